The van der Waals surface area contributed by atoms with E-state index in [0.717, 1.165) is 11.3 Å². The number of aliphatic hydroxyl groups is 1. The van der Waals surface area contributed by atoms with Gasteiger partial charge in [0, 0.05) is 18.5 Å². The van der Waals surface area contributed by atoms with Crippen LogP contribution in [-0.4, -0.2) is 30.7 Å². The van der Waals surface area contributed by atoms with Crippen molar-refractivity contribution in [2.75, 3.05) is 13.7 Å². The van der Waals surface area contributed by atoms with E-state index in [-0.39, 0.29) is 24.4 Å². The Hall–Kier alpha value is -1.59. The second-order valence-electron chi connectivity index (χ2n) is 4.68. The molecule has 4 N–H and O–H groups in total. The zero-order chi connectivity index (χ0) is 14.4. The van der Waals surface area contributed by atoms with Gasteiger partial charge in [-0.1, -0.05) is 19.1 Å². The van der Waals surface area contributed by atoms with Gasteiger partial charge in [-0.05, 0) is 24.6 Å². The van der Waals surface area contributed by atoms with Crippen molar-refractivity contribution in [2.45, 2.75) is 26.0 Å². The predicted octanol–water partition coefficient (Wildman–Crippen LogP) is 0.828. The zero-order valence-electron chi connectivity index (χ0n) is 11.6. The molecule has 1 amide bonds. The number of hydrogen-bond acceptors (Lipinski definition) is 4. The van der Waals surface area contributed by atoms with Gasteiger partial charge in [0.05, 0.1) is 13.2 Å². The number of hydrogen-bond donors (Lipinski definition) is 3. The molecule has 0 fully saturated rings. The molecule has 0 radical (unpaired) electrons. The first-order valence-electron chi connectivity index (χ1n) is 6.31. The van der Waals surface area contributed by atoms with Gasteiger partial charge in [-0.2, -0.15) is 0 Å². The highest BCUT2D eigenvalue weighted by Crippen LogP contribution is 2.17. The number of nitrogens with one attached hydrogen (secondary N) is 1. The molecular weight excluding hydrogens is 244 g/mol. The van der Waals surface area contributed by atoms with Crippen molar-refractivity contribution < 1.29 is 14.6 Å². The second-order valence-corrected chi connectivity index (χ2v) is 4.68. The van der Waals surface area contributed by atoms with Crippen molar-refractivity contribution in [2.24, 2.45) is 11.7 Å². The summed E-state index contributed by atoms with van der Waals surface area (Å²) in [5.41, 5.74) is 6.38. The smallest absolute Gasteiger partial charge is 0.224 e. The fourth-order valence-corrected chi connectivity index (χ4v) is 1.54. The average molecular weight is 266 g/mol. The van der Waals surface area contributed by atoms with Crippen LogP contribution in [0.2, 0.25) is 0 Å². The van der Waals surface area contributed by atoms with Gasteiger partial charge >= 0.3 is 0 Å². The maximum absolute atomic E-state index is 11.7. The van der Waals surface area contributed by atoms with Gasteiger partial charge in [-0.25, -0.2) is 0 Å². The van der Waals surface area contributed by atoms with Crippen LogP contribution in [0.5, 0.6) is 5.75 Å². The summed E-state index contributed by atoms with van der Waals surface area (Å²) in [6.07, 6.45) is -0.741. The Morgan fingerprint density at radius 1 is 1.37 bits per heavy atom. The maximum Gasteiger partial charge on any atom is 0.224 e. The van der Waals surface area contributed by atoms with E-state index < -0.39 is 6.10 Å². The lowest BCUT2D eigenvalue weighted by Gasteiger charge is -2.17. The SMILES string of the molecule is COc1ccc(C(O)CNC(=O)C(C)C(C)N)cc1. The van der Waals surface area contributed by atoms with Crippen LogP contribution in [0.3, 0.4) is 0 Å². The molecule has 0 aliphatic heterocycles. The van der Waals surface area contributed by atoms with Crippen molar-refractivity contribution in [3.63, 3.8) is 0 Å². The Morgan fingerprint density at radius 2 is 1.95 bits per heavy atom. The van der Waals surface area contributed by atoms with E-state index >= 15 is 0 Å². The number of ether oxygens (including phenoxy) is 1. The van der Waals surface area contributed by atoms with E-state index in [1.165, 1.54) is 0 Å². The molecule has 1 rings (SSSR count). The van der Waals surface area contributed by atoms with E-state index in [9.17, 15) is 9.90 Å². The van der Waals surface area contributed by atoms with Gasteiger partial charge in [0.2, 0.25) is 5.91 Å². The first-order valence-corrected chi connectivity index (χ1v) is 6.31. The Kier molecular flexibility index (Phi) is 5.79. The van der Waals surface area contributed by atoms with E-state index in [1.807, 2.05) is 0 Å². The van der Waals surface area contributed by atoms with Crippen molar-refractivity contribution in [3.8, 4) is 5.75 Å². The molecule has 5 nitrogen and oxygen atoms in total. The summed E-state index contributed by atoms with van der Waals surface area (Å²) in [6.45, 7) is 3.71. The van der Waals surface area contributed by atoms with Gasteiger partial charge in [0.15, 0.2) is 0 Å². The van der Waals surface area contributed by atoms with Gasteiger partial charge in [0.25, 0.3) is 0 Å². The van der Waals surface area contributed by atoms with Crippen LogP contribution in [0.1, 0.15) is 25.5 Å². The van der Waals surface area contributed by atoms with Gasteiger partial charge in [0.1, 0.15) is 5.75 Å². The Morgan fingerprint density at radius 3 is 2.42 bits per heavy atom. The van der Waals surface area contributed by atoms with Gasteiger partial charge < -0.3 is 20.9 Å². The van der Waals surface area contributed by atoms with Crippen LogP contribution in [0.4, 0.5) is 0 Å². The topological polar surface area (TPSA) is 84.6 Å². The molecule has 106 valence electrons. The summed E-state index contributed by atoms with van der Waals surface area (Å²) in [7, 11) is 1.58. The van der Waals surface area contributed by atoms with Gasteiger partial charge in [-0.3, -0.25) is 4.79 Å². The number of benzene rings is 1. The molecule has 5 heteroatoms. The lowest BCUT2D eigenvalue weighted by Crippen LogP contribution is -2.40. The molecule has 3 unspecified atom stereocenters. The summed E-state index contributed by atoms with van der Waals surface area (Å²) in [4.78, 5) is 11.7. The Balaban J connectivity index is 2.50. The molecular formula is C14H22N2O3. The van der Waals surface area contributed by atoms with Crippen LogP contribution in [0.25, 0.3) is 0 Å². The lowest BCUT2D eigenvalue weighted by molar-refractivity contribution is -0.125. The normalized spacial score (nSPS) is 15.4. The van der Waals surface area contributed by atoms with Gasteiger partial charge in [-0.15, -0.1) is 0 Å². The number of amides is 1. The summed E-state index contributed by atoms with van der Waals surface area (Å²) >= 11 is 0. The highest BCUT2D eigenvalue weighted by Gasteiger charge is 2.18. The molecule has 0 aliphatic rings. The highest BCUT2D eigenvalue weighted by molar-refractivity contribution is 5.78. The first-order chi connectivity index (χ1) is 8.95. The monoisotopic (exact) mass is 266 g/mol. The second kappa shape index (κ2) is 7.11. The van der Waals surface area contributed by atoms with E-state index in [0.29, 0.717) is 0 Å². The third-order valence-electron chi connectivity index (χ3n) is 3.17. The predicted molar refractivity (Wildman–Crippen MR) is 73.8 cm³/mol. The molecule has 0 aliphatic carbocycles. The van der Waals surface area contributed by atoms with Crippen LogP contribution in [-0.2, 0) is 4.79 Å². The average Bonchev–Trinajstić information content (AvgIpc) is 2.43. The summed E-state index contributed by atoms with van der Waals surface area (Å²) in [6, 6.07) is 6.86. The van der Waals surface area contributed by atoms with E-state index in [1.54, 1.807) is 45.2 Å². The molecule has 0 aromatic heterocycles. The molecule has 1 aromatic carbocycles. The summed E-state index contributed by atoms with van der Waals surface area (Å²) < 4.78 is 5.04. The van der Waals surface area contributed by atoms with Crippen LogP contribution >= 0.6 is 0 Å². The summed E-state index contributed by atoms with van der Waals surface area (Å²) in [5, 5.41) is 12.7. The van der Waals surface area contributed by atoms with E-state index in [2.05, 4.69) is 5.32 Å². The third kappa shape index (κ3) is 4.54. The summed E-state index contributed by atoms with van der Waals surface area (Å²) in [5.74, 6) is 0.302. The number of methoxy groups -OCH3 is 1. The largest absolute Gasteiger partial charge is 0.497 e. The van der Waals surface area contributed by atoms with Crippen molar-refractivity contribution in [3.05, 3.63) is 29.8 Å². The first kappa shape index (κ1) is 15.5. The molecule has 0 saturated carbocycles. The van der Waals surface area contributed by atoms with Crippen molar-refractivity contribution in [1.82, 2.24) is 5.32 Å². The minimum atomic E-state index is -0.741. The minimum Gasteiger partial charge on any atom is -0.497 e. The molecule has 0 saturated heterocycles. The lowest BCUT2D eigenvalue weighted by atomic mass is 10.0. The van der Waals surface area contributed by atoms with E-state index in [4.69, 9.17) is 10.5 Å². The number of carbonyl (C=O) groups excluding carboxylic acids is 1. The van der Waals surface area contributed by atoms with Crippen LogP contribution in [0.15, 0.2) is 24.3 Å². The molecule has 0 bridgehead atoms. The molecule has 0 heterocycles. The fraction of sp³-hybridized carbons (Fsp3) is 0.500. The fourth-order valence-electron chi connectivity index (χ4n) is 1.54. The third-order valence-corrected chi connectivity index (χ3v) is 3.17. The zero-order valence-corrected chi connectivity index (χ0v) is 11.6. The number of nitrogens with two attached hydrogens (primary N) is 1. The highest BCUT2D eigenvalue weighted by atomic mass is 16.5. The van der Waals surface area contributed by atoms with Crippen LogP contribution in [0, 0.1) is 5.92 Å². The minimum absolute atomic E-state index is 0.150. The Labute approximate surface area is 113 Å². The Bertz CT molecular complexity index is 404. The number of aliphatic hydroxyl groups excluding tert-OH is 1. The van der Waals surface area contributed by atoms with Crippen molar-refractivity contribution in [1.29, 1.82) is 0 Å². The van der Waals surface area contributed by atoms with Crippen LogP contribution < -0.4 is 15.8 Å². The molecule has 1 aromatic rings. The standard InChI is InChI=1S/C14H22N2O3/c1-9(10(2)15)14(18)16-8-13(17)11-4-6-12(19-3)7-5-11/h4-7,9-10,13,17H,8,15H2,1-3H3,(H,16,18). The van der Waals surface area contributed by atoms with Crippen molar-refractivity contribution >= 4 is 5.91 Å². The maximum atomic E-state index is 11.7. The molecule has 0 spiro atoms. The molecule has 3 atom stereocenters. The molecule has 19 heavy (non-hydrogen) atoms. The quantitative estimate of drug-likeness (QED) is 0.712. The number of rotatable bonds is 6. The number of carbonyl (C=O) groups is 1.